The van der Waals surface area contributed by atoms with Crippen molar-refractivity contribution < 1.29 is 9.59 Å². The normalized spacial score (nSPS) is 15.7. The van der Waals surface area contributed by atoms with Gasteiger partial charge in [-0.2, -0.15) is 5.10 Å². The number of carbonyl (C=O) groups is 2. The number of rotatable bonds is 3. The Balaban J connectivity index is 1.74. The van der Waals surface area contributed by atoms with E-state index in [9.17, 15) is 9.59 Å². The second-order valence-corrected chi connectivity index (χ2v) is 6.90. The summed E-state index contributed by atoms with van der Waals surface area (Å²) in [6.07, 6.45) is 3.95. The number of nitrogen functional groups attached to an aromatic ring is 1. The third kappa shape index (κ3) is 3.58. The molecule has 1 atom stereocenters. The molecule has 3 heterocycles. The third-order valence-corrected chi connectivity index (χ3v) is 4.82. The summed E-state index contributed by atoms with van der Waals surface area (Å²) in [4.78, 5) is 34.3. The summed E-state index contributed by atoms with van der Waals surface area (Å²) in [5.74, 6) is 5.60. The van der Waals surface area contributed by atoms with Crippen LogP contribution in [0.1, 0.15) is 22.5 Å². The molecule has 2 amide bonds. The van der Waals surface area contributed by atoms with Gasteiger partial charge in [-0.1, -0.05) is 24.0 Å². The first-order chi connectivity index (χ1) is 14.4. The fraction of sp³-hybridized carbons (Fsp3) is 0.190. The number of amides is 2. The van der Waals surface area contributed by atoms with Crippen molar-refractivity contribution in [2.45, 2.75) is 6.42 Å². The molecule has 30 heavy (non-hydrogen) atoms. The van der Waals surface area contributed by atoms with Gasteiger partial charge in [-0.15, -0.1) is 0 Å². The lowest BCUT2D eigenvalue weighted by Crippen LogP contribution is -2.21. The molecular weight excluding hydrogens is 382 g/mol. The standard InChI is InChI=1S/C21H19N7O2/c1-27-11-8-14(21(27)30)7-6-13-4-2-5-15(12-13)19-25-17(18(23)29)16(22)20(26-19)28-10-3-9-24-28/h2-5,9-10,12,14H,8,11,22H2,1H3,(H2,23,29). The van der Waals surface area contributed by atoms with Gasteiger partial charge in [0.1, 0.15) is 11.6 Å². The van der Waals surface area contributed by atoms with Crippen LogP contribution in [-0.4, -0.2) is 50.1 Å². The van der Waals surface area contributed by atoms with E-state index in [0.717, 1.165) is 6.42 Å². The number of aromatic nitrogens is 4. The molecule has 0 bridgehead atoms. The number of hydrogen-bond donors (Lipinski definition) is 2. The highest BCUT2D eigenvalue weighted by molar-refractivity contribution is 5.97. The second kappa shape index (κ2) is 7.67. The van der Waals surface area contributed by atoms with Crippen LogP contribution >= 0.6 is 0 Å². The van der Waals surface area contributed by atoms with Crippen LogP contribution in [0, 0.1) is 17.8 Å². The van der Waals surface area contributed by atoms with E-state index in [1.807, 2.05) is 6.07 Å². The van der Waals surface area contributed by atoms with Gasteiger partial charge in [-0.3, -0.25) is 9.59 Å². The van der Waals surface area contributed by atoms with Gasteiger partial charge in [0.05, 0.1) is 0 Å². The first-order valence-electron chi connectivity index (χ1n) is 9.28. The highest BCUT2D eigenvalue weighted by Crippen LogP contribution is 2.24. The first kappa shape index (κ1) is 19.1. The van der Waals surface area contributed by atoms with E-state index in [4.69, 9.17) is 11.5 Å². The lowest BCUT2D eigenvalue weighted by molar-refractivity contribution is -0.128. The average molecular weight is 401 g/mol. The van der Waals surface area contributed by atoms with Crippen LogP contribution in [0.15, 0.2) is 42.7 Å². The van der Waals surface area contributed by atoms with Gasteiger partial charge in [-0.25, -0.2) is 14.6 Å². The van der Waals surface area contributed by atoms with E-state index in [-0.39, 0.29) is 34.8 Å². The molecule has 4 rings (SSSR count). The smallest absolute Gasteiger partial charge is 0.269 e. The first-order valence-corrected chi connectivity index (χ1v) is 9.28. The zero-order chi connectivity index (χ0) is 21.3. The van der Waals surface area contributed by atoms with E-state index < -0.39 is 5.91 Å². The van der Waals surface area contributed by atoms with Crippen LogP contribution in [0.4, 0.5) is 5.69 Å². The monoisotopic (exact) mass is 401 g/mol. The number of nitrogens with zero attached hydrogens (tertiary/aromatic N) is 5. The Kier molecular flexibility index (Phi) is 4.90. The lowest BCUT2D eigenvalue weighted by Gasteiger charge is -2.11. The largest absolute Gasteiger partial charge is 0.394 e. The molecule has 0 radical (unpaired) electrons. The Bertz CT molecular complexity index is 1190. The van der Waals surface area contributed by atoms with Crippen molar-refractivity contribution >= 4 is 17.5 Å². The highest BCUT2D eigenvalue weighted by Gasteiger charge is 2.27. The van der Waals surface area contributed by atoms with Crippen LogP contribution in [0.25, 0.3) is 17.2 Å². The molecule has 0 spiro atoms. The maximum absolute atomic E-state index is 12.0. The minimum atomic E-state index is -0.760. The third-order valence-electron chi connectivity index (χ3n) is 4.82. The SMILES string of the molecule is CN1CCC(C#Cc2cccc(-c3nc(C(N)=O)c(N)c(-n4cccn4)n3)c2)C1=O. The van der Waals surface area contributed by atoms with E-state index in [0.29, 0.717) is 17.7 Å². The summed E-state index contributed by atoms with van der Waals surface area (Å²) >= 11 is 0. The molecule has 1 fully saturated rings. The minimum Gasteiger partial charge on any atom is -0.394 e. The summed E-state index contributed by atoms with van der Waals surface area (Å²) in [6.45, 7) is 0.712. The summed E-state index contributed by atoms with van der Waals surface area (Å²) in [7, 11) is 1.77. The van der Waals surface area contributed by atoms with E-state index in [1.54, 1.807) is 48.6 Å². The number of benzene rings is 1. The van der Waals surface area contributed by atoms with Gasteiger partial charge in [0, 0.05) is 37.1 Å². The lowest BCUT2D eigenvalue weighted by atomic mass is 10.1. The molecule has 1 aromatic carbocycles. The molecule has 1 aliphatic rings. The molecule has 3 aromatic rings. The average Bonchev–Trinajstić information content (AvgIpc) is 3.38. The van der Waals surface area contributed by atoms with Crippen LogP contribution in [0.3, 0.4) is 0 Å². The number of likely N-dealkylation sites (tertiary alicyclic amines) is 1. The summed E-state index contributed by atoms with van der Waals surface area (Å²) in [5.41, 5.74) is 12.8. The number of anilines is 1. The molecule has 9 heteroatoms. The van der Waals surface area contributed by atoms with Gasteiger partial charge in [-0.05, 0) is 24.6 Å². The van der Waals surface area contributed by atoms with Crippen LogP contribution < -0.4 is 11.5 Å². The van der Waals surface area contributed by atoms with Gasteiger partial charge in [0.25, 0.3) is 5.91 Å². The Labute approximate surface area is 172 Å². The van der Waals surface area contributed by atoms with Crippen molar-refractivity contribution in [3.8, 4) is 29.0 Å². The number of hydrogen-bond acceptors (Lipinski definition) is 6. The highest BCUT2D eigenvalue weighted by atomic mass is 16.2. The van der Waals surface area contributed by atoms with Gasteiger partial charge >= 0.3 is 0 Å². The maximum atomic E-state index is 12.0. The second-order valence-electron chi connectivity index (χ2n) is 6.90. The van der Waals surface area contributed by atoms with Gasteiger partial charge < -0.3 is 16.4 Å². The molecule has 1 aliphatic heterocycles. The molecule has 1 unspecified atom stereocenters. The van der Waals surface area contributed by atoms with Crippen molar-refractivity contribution in [3.63, 3.8) is 0 Å². The quantitative estimate of drug-likeness (QED) is 0.625. The molecule has 0 saturated carbocycles. The van der Waals surface area contributed by atoms with Crippen molar-refractivity contribution in [1.82, 2.24) is 24.6 Å². The Morgan fingerprint density at radius 2 is 2.10 bits per heavy atom. The van der Waals surface area contributed by atoms with Crippen LogP contribution in [-0.2, 0) is 4.79 Å². The molecular formula is C21H19N7O2. The van der Waals surface area contributed by atoms with Crippen molar-refractivity contribution in [3.05, 3.63) is 54.0 Å². The molecule has 2 aromatic heterocycles. The molecule has 4 N–H and O–H groups in total. The van der Waals surface area contributed by atoms with E-state index in [1.165, 1.54) is 4.68 Å². The Morgan fingerprint density at radius 1 is 1.27 bits per heavy atom. The number of carbonyl (C=O) groups excluding carboxylic acids is 2. The predicted octanol–water partition coefficient (Wildman–Crippen LogP) is 0.840. The summed E-state index contributed by atoms with van der Waals surface area (Å²) in [5, 5.41) is 4.12. The zero-order valence-corrected chi connectivity index (χ0v) is 16.2. The van der Waals surface area contributed by atoms with Gasteiger partial charge in [0.15, 0.2) is 17.3 Å². The van der Waals surface area contributed by atoms with Crippen molar-refractivity contribution in [1.29, 1.82) is 0 Å². The maximum Gasteiger partial charge on any atom is 0.269 e. The van der Waals surface area contributed by atoms with Crippen molar-refractivity contribution in [2.24, 2.45) is 11.7 Å². The molecule has 1 saturated heterocycles. The molecule has 0 aliphatic carbocycles. The fourth-order valence-corrected chi connectivity index (χ4v) is 3.21. The minimum absolute atomic E-state index is 0.0375. The van der Waals surface area contributed by atoms with Crippen LogP contribution in [0.5, 0.6) is 0 Å². The van der Waals surface area contributed by atoms with Gasteiger partial charge in [0.2, 0.25) is 5.91 Å². The Hall–Kier alpha value is -4.19. The Morgan fingerprint density at radius 3 is 2.77 bits per heavy atom. The van der Waals surface area contributed by atoms with E-state index in [2.05, 4.69) is 26.9 Å². The number of nitrogens with two attached hydrogens (primary N) is 2. The fourth-order valence-electron chi connectivity index (χ4n) is 3.21. The van der Waals surface area contributed by atoms with Crippen LogP contribution in [0.2, 0.25) is 0 Å². The zero-order valence-electron chi connectivity index (χ0n) is 16.2. The molecule has 150 valence electrons. The van der Waals surface area contributed by atoms with Crippen molar-refractivity contribution in [2.75, 3.05) is 19.3 Å². The molecule has 9 nitrogen and oxygen atoms in total. The summed E-state index contributed by atoms with van der Waals surface area (Å²) in [6, 6.07) is 8.94. The van der Waals surface area contributed by atoms with E-state index >= 15 is 0 Å². The topological polar surface area (TPSA) is 133 Å². The number of primary amides is 1. The summed E-state index contributed by atoms with van der Waals surface area (Å²) < 4.78 is 1.44. The predicted molar refractivity (Wildman–Crippen MR) is 110 cm³/mol.